The molecule has 4 rings (SSSR count). The van der Waals surface area contributed by atoms with Crippen LogP contribution in [0.4, 0.5) is 11.4 Å². The lowest BCUT2D eigenvalue weighted by molar-refractivity contribution is 0.0980. The summed E-state index contributed by atoms with van der Waals surface area (Å²) in [4.78, 5) is 25.5. The smallest absolute Gasteiger partial charge is 0.296 e. The average molecular weight is 386 g/mol. The lowest BCUT2D eigenvalue weighted by Crippen LogP contribution is -2.27. The molecule has 1 saturated carbocycles. The number of carbonyl (C=O) groups is 2. The van der Waals surface area contributed by atoms with E-state index in [1.807, 2.05) is 0 Å². The third-order valence-corrected chi connectivity index (χ3v) is 6.09. The summed E-state index contributed by atoms with van der Waals surface area (Å²) >= 11 is 0. The van der Waals surface area contributed by atoms with Gasteiger partial charge in [-0.05, 0) is 18.9 Å². The fourth-order valence-corrected chi connectivity index (χ4v) is 4.56. The van der Waals surface area contributed by atoms with Crippen LogP contribution in [-0.2, 0) is 10.1 Å². The van der Waals surface area contributed by atoms with Crippen LogP contribution in [0.25, 0.3) is 0 Å². The maximum absolute atomic E-state index is 13.1. The molecule has 0 bridgehead atoms. The molecule has 0 amide bonds. The maximum Gasteiger partial charge on any atom is 0.296 e. The summed E-state index contributed by atoms with van der Waals surface area (Å²) in [5.41, 5.74) is 6.06. The van der Waals surface area contributed by atoms with E-state index in [0.717, 1.165) is 31.7 Å². The fraction of sp³-hybridized carbons (Fsp3) is 0.263. The Labute approximate surface area is 156 Å². The summed E-state index contributed by atoms with van der Waals surface area (Å²) in [7, 11) is -4.67. The Morgan fingerprint density at radius 2 is 1.56 bits per heavy atom. The first kappa shape index (κ1) is 17.7. The van der Waals surface area contributed by atoms with Gasteiger partial charge in [-0.15, -0.1) is 0 Å². The molecule has 0 aliphatic heterocycles. The maximum atomic E-state index is 13.1. The minimum Gasteiger partial charge on any atom is -0.397 e. The third kappa shape index (κ3) is 2.81. The van der Waals surface area contributed by atoms with E-state index in [1.54, 1.807) is 18.2 Å². The van der Waals surface area contributed by atoms with Crippen LogP contribution >= 0.6 is 0 Å². The van der Waals surface area contributed by atoms with Gasteiger partial charge >= 0.3 is 0 Å². The van der Waals surface area contributed by atoms with Crippen LogP contribution in [0.5, 0.6) is 0 Å². The Balaban J connectivity index is 2.00. The van der Waals surface area contributed by atoms with Gasteiger partial charge in [0.2, 0.25) is 0 Å². The van der Waals surface area contributed by atoms with E-state index in [0.29, 0.717) is 0 Å². The molecular weight excluding hydrogens is 368 g/mol. The minimum absolute atomic E-state index is 0.0621. The Morgan fingerprint density at radius 1 is 1.00 bits per heavy atom. The Bertz CT molecular complexity index is 1090. The molecule has 2 aliphatic rings. The van der Waals surface area contributed by atoms with Crippen molar-refractivity contribution < 1.29 is 22.6 Å². The molecule has 2 aliphatic carbocycles. The van der Waals surface area contributed by atoms with Crippen LogP contribution in [0.15, 0.2) is 35.2 Å². The highest BCUT2D eigenvalue weighted by Gasteiger charge is 2.36. The standard InChI is InChI=1S/C19H18N2O5S/c20-17-14(27(24,25)26)9-13(21-10-5-1-2-6-10)15-16(17)19(23)12-8-4-3-7-11(12)18(15)22/h3-4,7-10,21H,1-2,5-6,20H2,(H,24,25,26). The van der Waals surface area contributed by atoms with Crippen molar-refractivity contribution in [2.45, 2.75) is 36.6 Å². The monoisotopic (exact) mass is 386 g/mol. The second-order valence-electron chi connectivity index (χ2n) is 6.89. The zero-order chi connectivity index (χ0) is 19.3. The van der Waals surface area contributed by atoms with E-state index >= 15 is 0 Å². The van der Waals surface area contributed by atoms with Crippen LogP contribution in [-0.4, -0.2) is 30.6 Å². The summed E-state index contributed by atoms with van der Waals surface area (Å²) in [5.74, 6) is -0.924. The molecule has 0 heterocycles. The summed E-state index contributed by atoms with van der Waals surface area (Å²) in [6, 6.07) is 7.56. The molecule has 0 aromatic heterocycles. The van der Waals surface area contributed by atoms with Crippen molar-refractivity contribution in [3.63, 3.8) is 0 Å². The van der Waals surface area contributed by atoms with Crippen molar-refractivity contribution in [3.8, 4) is 0 Å². The molecule has 0 unspecified atom stereocenters. The lowest BCUT2D eigenvalue weighted by Gasteiger charge is -2.25. The SMILES string of the molecule is Nc1c(S(=O)(=O)O)cc(NC2CCCC2)c2c1C(=O)c1ccccc1C2=O. The van der Waals surface area contributed by atoms with E-state index in [-0.39, 0.29) is 34.0 Å². The van der Waals surface area contributed by atoms with Gasteiger partial charge in [0.25, 0.3) is 10.1 Å². The summed E-state index contributed by atoms with van der Waals surface area (Å²) in [5, 5.41) is 3.19. The number of nitrogens with one attached hydrogen (secondary N) is 1. The predicted molar refractivity (Wildman–Crippen MR) is 99.9 cm³/mol. The van der Waals surface area contributed by atoms with Gasteiger partial charge in [0, 0.05) is 22.9 Å². The minimum atomic E-state index is -4.67. The van der Waals surface area contributed by atoms with Crippen molar-refractivity contribution in [1.82, 2.24) is 0 Å². The number of nitrogen functional groups attached to an aromatic ring is 1. The topological polar surface area (TPSA) is 127 Å². The second-order valence-corrected chi connectivity index (χ2v) is 8.28. The summed E-state index contributed by atoms with van der Waals surface area (Å²) < 4.78 is 33.2. The first-order valence-electron chi connectivity index (χ1n) is 8.68. The molecule has 27 heavy (non-hydrogen) atoms. The van der Waals surface area contributed by atoms with Crippen molar-refractivity contribution in [3.05, 3.63) is 52.6 Å². The highest BCUT2D eigenvalue weighted by atomic mass is 32.2. The normalized spacial score (nSPS) is 16.9. The number of benzene rings is 2. The lowest BCUT2D eigenvalue weighted by atomic mass is 9.82. The van der Waals surface area contributed by atoms with Gasteiger partial charge in [-0.1, -0.05) is 37.1 Å². The number of ketones is 2. The molecule has 1 fully saturated rings. The molecule has 2 aromatic carbocycles. The zero-order valence-corrected chi connectivity index (χ0v) is 15.2. The average Bonchev–Trinajstić information content (AvgIpc) is 3.13. The number of nitrogens with two attached hydrogens (primary N) is 1. The van der Waals surface area contributed by atoms with Gasteiger partial charge < -0.3 is 11.1 Å². The van der Waals surface area contributed by atoms with E-state index < -0.39 is 32.3 Å². The number of hydrogen-bond donors (Lipinski definition) is 3. The first-order chi connectivity index (χ1) is 12.8. The molecule has 7 nitrogen and oxygen atoms in total. The van der Waals surface area contributed by atoms with Crippen molar-refractivity contribution in [2.75, 3.05) is 11.1 Å². The molecule has 0 atom stereocenters. The highest BCUT2D eigenvalue weighted by molar-refractivity contribution is 7.86. The zero-order valence-electron chi connectivity index (χ0n) is 14.4. The van der Waals surface area contributed by atoms with Gasteiger partial charge in [0.1, 0.15) is 4.90 Å². The van der Waals surface area contributed by atoms with Crippen LogP contribution in [0.2, 0.25) is 0 Å². The quantitative estimate of drug-likeness (QED) is 0.466. The summed E-state index contributed by atoms with van der Waals surface area (Å²) in [6.45, 7) is 0. The number of hydrogen-bond acceptors (Lipinski definition) is 6. The molecular formula is C19H18N2O5S. The van der Waals surface area contributed by atoms with Crippen LogP contribution < -0.4 is 11.1 Å². The molecule has 2 aromatic rings. The Kier molecular flexibility index (Phi) is 4.05. The fourth-order valence-electron chi connectivity index (χ4n) is 3.91. The van der Waals surface area contributed by atoms with Gasteiger partial charge in [-0.25, -0.2) is 0 Å². The van der Waals surface area contributed by atoms with Crippen LogP contribution in [0.1, 0.15) is 57.5 Å². The van der Waals surface area contributed by atoms with E-state index in [9.17, 15) is 22.6 Å². The molecule has 8 heteroatoms. The Morgan fingerprint density at radius 3 is 2.11 bits per heavy atom. The number of carbonyl (C=O) groups excluding carboxylic acids is 2. The summed E-state index contributed by atoms with van der Waals surface area (Å²) in [6.07, 6.45) is 3.80. The van der Waals surface area contributed by atoms with E-state index in [1.165, 1.54) is 6.07 Å². The largest absolute Gasteiger partial charge is 0.397 e. The molecule has 140 valence electrons. The van der Waals surface area contributed by atoms with Crippen LogP contribution in [0.3, 0.4) is 0 Å². The Hall–Kier alpha value is -2.71. The highest BCUT2D eigenvalue weighted by Crippen LogP contribution is 2.40. The third-order valence-electron chi connectivity index (χ3n) is 5.19. The van der Waals surface area contributed by atoms with Gasteiger partial charge in [0.05, 0.1) is 16.8 Å². The molecule has 4 N–H and O–H groups in total. The van der Waals surface area contributed by atoms with Crippen molar-refractivity contribution in [2.24, 2.45) is 0 Å². The number of anilines is 2. The van der Waals surface area contributed by atoms with E-state index in [2.05, 4.69) is 5.32 Å². The van der Waals surface area contributed by atoms with Gasteiger partial charge in [-0.2, -0.15) is 8.42 Å². The van der Waals surface area contributed by atoms with Crippen molar-refractivity contribution >= 4 is 33.1 Å². The van der Waals surface area contributed by atoms with Gasteiger partial charge in [-0.3, -0.25) is 14.1 Å². The van der Waals surface area contributed by atoms with Crippen molar-refractivity contribution in [1.29, 1.82) is 0 Å². The number of rotatable bonds is 3. The molecule has 0 radical (unpaired) electrons. The van der Waals surface area contributed by atoms with E-state index in [4.69, 9.17) is 5.73 Å². The van der Waals surface area contributed by atoms with Gasteiger partial charge in [0.15, 0.2) is 11.6 Å². The predicted octanol–water partition coefficient (Wildman–Crippen LogP) is 2.65. The number of fused-ring (bicyclic) bond motifs is 2. The molecule has 0 spiro atoms. The first-order valence-corrected chi connectivity index (χ1v) is 10.1. The molecule has 0 saturated heterocycles. The second kappa shape index (κ2) is 6.17. The van der Waals surface area contributed by atoms with Crippen LogP contribution in [0, 0.1) is 0 Å².